The topological polar surface area (TPSA) is 103 Å². The monoisotopic (exact) mass is 299 g/mol. The molecule has 0 amide bonds. The molecule has 0 radical (unpaired) electrons. The minimum Gasteiger partial charge on any atom is -0.469 e. The Hall–Kier alpha value is -1.67. The summed E-state index contributed by atoms with van der Waals surface area (Å²) in [5.41, 5.74) is 0. The Labute approximate surface area is 117 Å². The summed E-state index contributed by atoms with van der Waals surface area (Å²) >= 11 is 0. The molecule has 2 N–H and O–H groups in total. The average molecular weight is 299 g/mol. The lowest BCUT2D eigenvalue weighted by Gasteiger charge is -2.32. The molecule has 2 heterocycles. The maximum Gasteiger partial charge on any atom is 0.310 e. The van der Waals surface area contributed by atoms with E-state index in [0.29, 0.717) is 12.4 Å². The Morgan fingerprint density at radius 2 is 2.25 bits per heavy atom. The molecule has 1 fully saturated rings. The number of piperidine rings is 1. The fraction of sp³-hybridized carbons (Fsp3) is 0.500. The SMILES string of the molecule is COC(=O)C1CCCN(c2ccc(S(N)(=O)=O)cn2)C1. The van der Waals surface area contributed by atoms with Crippen molar-refractivity contribution in [3.8, 4) is 0 Å². The Morgan fingerprint density at radius 1 is 1.50 bits per heavy atom. The van der Waals surface area contributed by atoms with Crippen LogP contribution in [0.1, 0.15) is 12.8 Å². The first-order valence-electron chi connectivity index (χ1n) is 6.23. The number of rotatable bonds is 3. The third kappa shape index (κ3) is 3.26. The zero-order valence-corrected chi connectivity index (χ0v) is 12.0. The van der Waals surface area contributed by atoms with Crippen molar-refractivity contribution >= 4 is 21.8 Å². The van der Waals surface area contributed by atoms with Gasteiger partial charge in [-0.15, -0.1) is 0 Å². The summed E-state index contributed by atoms with van der Waals surface area (Å²) in [5.74, 6) is 0.232. The molecule has 0 aliphatic carbocycles. The van der Waals surface area contributed by atoms with Crippen LogP contribution in [0.25, 0.3) is 0 Å². The molecule has 0 bridgehead atoms. The molecule has 110 valence electrons. The fourth-order valence-corrected chi connectivity index (χ4v) is 2.73. The zero-order chi connectivity index (χ0) is 14.8. The van der Waals surface area contributed by atoms with Crippen molar-refractivity contribution in [1.29, 1.82) is 0 Å². The number of aromatic nitrogens is 1. The number of hydrogen-bond acceptors (Lipinski definition) is 6. The van der Waals surface area contributed by atoms with E-state index in [1.54, 1.807) is 6.07 Å². The standard InChI is InChI=1S/C12H17N3O4S/c1-19-12(16)9-3-2-6-15(8-9)11-5-4-10(7-14-11)20(13,17)18/h4-5,7,9H,2-3,6,8H2,1H3,(H2,13,17,18). The third-order valence-corrected chi connectivity index (χ3v) is 4.23. The van der Waals surface area contributed by atoms with Crippen LogP contribution < -0.4 is 10.0 Å². The number of carbonyl (C=O) groups excluding carboxylic acids is 1. The fourth-order valence-electron chi connectivity index (χ4n) is 2.27. The normalized spacial score (nSPS) is 19.7. The highest BCUT2D eigenvalue weighted by Crippen LogP contribution is 2.23. The predicted octanol–water partition coefficient (Wildman–Crippen LogP) is 0.118. The molecule has 0 aromatic carbocycles. The van der Waals surface area contributed by atoms with Crippen molar-refractivity contribution in [2.45, 2.75) is 17.7 Å². The van der Waals surface area contributed by atoms with Crippen LogP contribution in [0.15, 0.2) is 23.2 Å². The van der Waals surface area contributed by atoms with Crippen molar-refractivity contribution in [1.82, 2.24) is 4.98 Å². The number of nitrogens with zero attached hydrogens (tertiary/aromatic N) is 2. The highest BCUT2D eigenvalue weighted by atomic mass is 32.2. The van der Waals surface area contributed by atoms with E-state index in [0.717, 1.165) is 19.4 Å². The van der Waals surface area contributed by atoms with Gasteiger partial charge in [-0.2, -0.15) is 0 Å². The van der Waals surface area contributed by atoms with Gasteiger partial charge in [0.2, 0.25) is 10.0 Å². The number of hydrogen-bond donors (Lipinski definition) is 1. The maximum absolute atomic E-state index is 11.6. The second kappa shape index (κ2) is 5.76. The number of anilines is 1. The Kier molecular flexibility index (Phi) is 4.24. The van der Waals surface area contributed by atoms with Crippen molar-refractivity contribution < 1.29 is 17.9 Å². The van der Waals surface area contributed by atoms with Crippen LogP contribution >= 0.6 is 0 Å². The quantitative estimate of drug-likeness (QED) is 0.795. The van der Waals surface area contributed by atoms with E-state index in [9.17, 15) is 13.2 Å². The number of esters is 1. The molecule has 8 heteroatoms. The number of sulfonamides is 1. The summed E-state index contributed by atoms with van der Waals surface area (Å²) in [5, 5.41) is 5.02. The summed E-state index contributed by atoms with van der Waals surface area (Å²) in [6.45, 7) is 1.30. The molecule has 7 nitrogen and oxygen atoms in total. The molecule has 1 aromatic rings. The molecule has 1 unspecified atom stereocenters. The number of methoxy groups -OCH3 is 1. The van der Waals surface area contributed by atoms with Crippen molar-refractivity contribution in [2.75, 3.05) is 25.1 Å². The summed E-state index contributed by atoms with van der Waals surface area (Å²) in [7, 11) is -2.36. The van der Waals surface area contributed by atoms with E-state index in [1.807, 2.05) is 4.90 Å². The van der Waals surface area contributed by atoms with Crippen molar-refractivity contribution in [3.63, 3.8) is 0 Å². The lowest BCUT2D eigenvalue weighted by Crippen LogP contribution is -2.39. The van der Waals surface area contributed by atoms with Gasteiger partial charge in [0, 0.05) is 19.3 Å². The van der Waals surface area contributed by atoms with Crippen LogP contribution in [0.5, 0.6) is 0 Å². The van der Waals surface area contributed by atoms with Crippen LogP contribution in [0, 0.1) is 5.92 Å². The second-order valence-corrected chi connectivity index (χ2v) is 6.27. The summed E-state index contributed by atoms with van der Waals surface area (Å²) in [6, 6.07) is 3.01. The number of pyridine rings is 1. The van der Waals surface area contributed by atoms with Gasteiger partial charge in [-0.05, 0) is 25.0 Å². The molecule has 2 rings (SSSR count). The van der Waals surface area contributed by atoms with Gasteiger partial charge in [0.15, 0.2) is 0 Å². The maximum atomic E-state index is 11.6. The second-order valence-electron chi connectivity index (χ2n) is 4.71. The highest BCUT2D eigenvalue weighted by molar-refractivity contribution is 7.89. The van der Waals surface area contributed by atoms with Gasteiger partial charge in [0.25, 0.3) is 0 Å². The van der Waals surface area contributed by atoms with Gasteiger partial charge in [-0.1, -0.05) is 0 Å². The van der Waals surface area contributed by atoms with E-state index in [-0.39, 0.29) is 16.8 Å². The number of primary sulfonamides is 1. The van der Waals surface area contributed by atoms with Crippen molar-refractivity contribution in [2.24, 2.45) is 11.1 Å². The highest BCUT2D eigenvalue weighted by Gasteiger charge is 2.27. The molecule has 1 saturated heterocycles. The smallest absolute Gasteiger partial charge is 0.310 e. The van der Waals surface area contributed by atoms with Crippen LogP contribution in [-0.2, 0) is 19.6 Å². The van der Waals surface area contributed by atoms with E-state index >= 15 is 0 Å². The molecule has 0 saturated carbocycles. The van der Waals surface area contributed by atoms with Crippen LogP contribution in [-0.4, -0.2) is 39.6 Å². The first-order chi connectivity index (χ1) is 9.41. The molecule has 0 spiro atoms. The summed E-state index contributed by atoms with van der Waals surface area (Å²) in [6.07, 6.45) is 2.88. The van der Waals surface area contributed by atoms with Gasteiger partial charge in [-0.3, -0.25) is 4.79 Å². The lowest BCUT2D eigenvalue weighted by molar-refractivity contribution is -0.145. The predicted molar refractivity (Wildman–Crippen MR) is 72.6 cm³/mol. The van der Waals surface area contributed by atoms with E-state index in [4.69, 9.17) is 9.88 Å². The van der Waals surface area contributed by atoms with Gasteiger partial charge in [0.05, 0.1) is 13.0 Å². The number of ether oxygens (including phenoxy) is 1. The summed E-state index contributed by atoms with van der Waals surface area (Å²) < 4.78 is 27.1. The zero-order valence-electron chi connectivity index (χ0n) is 11.2. The van der Waals surface area contributed by atoms with E-state index in [2.05, 4.69) is 4.98 Å². The van der Waals surface area contributed by atoms with Crippen LogP contribution in [0.2, 0.25) is 0 Å². The third-order valence-electron chi connectivity index (χ3n) is 3.33. The molecular weight excluding hydrogens is 282 g/mol. The Balaban J connectivity index is 2.13. The molecular formula is C12H17N3O4S. The van der Waals surface area contributed by atoms with Gasteiger partial charge < -0.3 is 9.64 Å². The minimum atomic E-state index is -3.73. The summed E-state index contributed by atoms with van der Waals surface area (Å²) in [4.78, 5) is 17.6. The lowest BCUT2D eigenvalue weighted by atomic mass is 9.98. The molecule has 1 aliphatic heterocycles. The molecule has 20 heavy (non-hydrogen) atoms. The van der Waals surface area contributed by atoms with E-state index in [1.165, 1.54) is 19.4 Å². The van der Waals surface area contributed by atoms with Crippen LogP contribution in [0.4, 0.5) is 5.82 Å². The first-order valence-corrected chi connectivity index (χ1v) is 7.78. The molecule has 1 atom stereocenters. The van der Waals surface area contributed by atoms with Gasteiger partial charge in [-0.25, -0.2) is 18.5 Å². The molecule has 1 aliphatic rings. The van der Waals surface area contributed by atoms with Crippen LogP contribution in [0.3, 0.4) is 0 Å². The van der Waals surface area contributed by atoms with E-state index < -0.39 is 10.0 Å². The Bertz CT molecular complexity index is 585. The van der Waals surface area contributed by atoms with Crippen molar-refractivity contribution in [3.05, 3.63) is 18.3 Å². The number of nitrogens with two attached hydrogens (primary N) is 1. The van der Waals surface area contributed by atoms with Gasteiger partial charge >= 0.3 is 5.97 Å². The first kappa shape index (κ1) is 14.7. The molecule has 1 aromatic heterocycles. The average Bonchev–Trinajstić information content (AvgIpc) is 2.46. The number of carbonyl (C=O) groups is 1. The van der Waals surface area contributed by atoms with Gasteiger partial charge in [0.1, 0.15) is 10.7 Å². The Morgan fingerprint density at radius 3 is 2.80 bits per heavy atom. The largest absolute Gasteiger partial charge is 0.469 e. The minimum absolute atomic E-state index is 0.0252.